The van der Waals surface area contributed by atoms with Gasteiger partial charge in [-0.25, -0.2) is 4.79 Å². The molecule has 1 N–H and O–H groups in total. The maximum absolute atomic E-state index is 12.8. The SMILES string of the molecule is CC/C(=C(\c1ccc(O)cc1)c1ccc(OCCN(C)C(=O)OCc2cc(C(C)C)c(N=[N+]=[N-])c(C(C)C)c2)cc1)c1ccccc1. The summed E-state index contributed by atoms with van der Waals surface area (Å²) >= 11 is 0. The highest BCUT2D eigenvalue weighted by atomic mass is 16.6. The zero-order valence-electron chi connectivity index (χ0n) is 28.1. The number of azide groups is 1. The van der Waals surface area contributed by atoms with Gasteiger partial charge >= 0.3 is 6.09 Å². The number of hydrogen-bond acceptors (Lipinski definition) is 5. The molecular weight excluding hydrogens is 588 g/mol. The third-order valence-corrected chi connectivity index (χ3v) is 8.06. The number of ether oxygens (including phenoxy) is 2. The van der Waals surface area contributed by atoms with Gasteiger partial charge in [0.25, 0.3) is 0 Å². The van der Waals surface area contributed by atoms with E-state index in [-0.39, 0.29) is 24.2 Å². The monoisotopic (exact) mass is 632 g/mol. The van der Waals surface area contributed by atoms with Crippen molar-refractivity contribution in [1.29, 1.82) is 0 Å². The van der Waals surface area contributed by atoms with Gasteiger partial charge in [0.2, 0.25) is 0 Å². The lowest BCUT2D eigenvalue weighted by atomic mass is 9.88. The van der Waals surface area contributed by atoms with E-state index in [0.717, 1.165) is 45.4 Å². The van der Waals surface area contributed by atoms with Crippen LogP contribution in [0.1, 0.15) is 86.3 Å². The standard InChI is InChI=1S/C39H44N4O4/c1-7-34(29-11-9-8-10-12-29)37(30-13-17-32(44)18-14-30)31-15-19-33(20-16-31)46-22-21-43(6)39(45)47-25-28-23-35(26(2)3)38(41-42-40)36(24-28)27(4)5/h8-20,23-24,26-27,44H,7,21-22,25H2,1-6H3/b37-34-. The van der Waals surface area contributed by atoms with Crippen LogP contribution in [0.5, 0.6) is 11.5 Å². The van der Waals surface area contributed by atoms with Crippen LogP contribution in [0.2, 0.25) is 0 Å². The maximum Gasteiger partial charge on any atom is 0.409 e. The number of phenols is 1. The largest absolute Gasteiger partial charge is 0.508 e. The van der Waals surface area contributed by atoms with Gasteiger partial charge in [-0.3, -0.25) is 0 Å². The molecule has 0 aromatic heterocycles. The van der Waals surface area contributed by atoms with Crippen LogP contribution in [-0.2, 0) is 11.3 Å². The Kier molecular flexibility index (Phi) is 12.1. The number of carbonyl (C=O) groups is 1. The van der Waals surface area contributed by atoms with Crippen molar-refractivity contribution in [3.05, 3.63) is 135 Å². The zero-order valence-corrected chi connectivity index (χ0v) is 28.1. The quantitative estimate of drug-likeness (QED) is 0.0684. The fourth-order valence-corrected chi connectivity index (χ4v) is 5.54. The number of phenolic OH excluding ortho intramolecular Hbond substituents is 1. The number of carbonyl (C=O) groups excluding carboxylic acids is 1. The van der Waals surface area contributed by atoms with Crippen molar-refractivity contribution in [2.24, 2.45) is 5.11 Å². The van der Waals surface area contributed by atoms with Gasteiger partial charge in [0.1, 0.15) is 24.7 Å². The molecule has 0 radical (unpaired) electrons. The van der Waals surface area contributed by atoms with E-state index < -0.39 is 6.09 Å². The minimum absolute atomic E-state index is 0.112. The molecule has 4 aromatic rings. The van der Waals surface area contributed by atoms with E-state index in [1.54, 1.807) is 19.2 Å². The average Bonchev–Trinajstić information content (AvgIpc) is 3.07. The van der Waals surface area contributed by atoms with Gasteiger partial charge < -0.3 is 19.5 Å². The van der Waals surface area contributed by atoms with E-state index in [2.05, 4.69) is 29.1 Å². The van der Waals surface area contributed by atoms with Crippen LogP contribution in [0, 0.1) is 0 Å². The van der Waals surface area contributed by atoms with Crippen LogP contribution in [0.3, 0.4) is 0 Å². The smallest absolute Gasteiger partial charge is 0.409 e. The Bertz CT molecular complexity index is 1690. The van der Waals surface area contributed by atoms with E-state index in [1.165, 1.54) is 10.5 Å². The molecule has 244 valence electrons. The molecule has 1 amide bonds. The normalized spacial score (nSPS) is 11.6. The lowest BCUT2D eigenvalue weighted by Crippen LogP contribution is -2.31. The Morgan fingerprint density at radius 1 is 0.872 bits per heavy atom. The first-order valence-corrected chi connectivity index (χ1v) is 16.0. The van der Waals surface area contributed by atoms with Gasteiger partial charge in [0.05, 0.1) is 6.54 Å². The number of benzene rings is 4. The van der Waals surface area contributed by atoms with Gasteiger partial charge in [-0.1, -0.05) is 106 Å². The number of amides is 1. The lowest BCUT2D eigenvalue weighted by Gasteiger charge is -2.20. The van der Waals surface area contributed by atoms with E-state index in [9.17, 15) is 9.90 Å². The fraction of sp³-hybridized carbons (Fsp3) is 0.308. The molecule has 0 aliphatic heterocycles. The second-order valence-corrected chi connectivity index (χ2v) is 12.1. The number of likely N-dealkylation sites (N-methyl/N-ethyl adjacent to an activating group) is 1. The molecule has 0 aliphatic rings. The van der Waals surface area contributed by atoms with Gasteiger partial charge in [-0.05, 0) is 92.6 Å². The minimum Gasteiger partial charge on any atom is -0.508 e. The summed E-state index contributed by atoms with van der Waals surface area (Å²) in [4.78, 5) is 17.3. The van der Waals surface area contributed by atoms with Crippen LogP contribution in [-0.4, -0.2) is 36.3 Å². The first-order valence-electron chi connectivity index (χ1n) is 16.0. The predicted octanol–water partition coefficient (Wildman–Crippen LogP) is 10.6. The lowest BCUT2D eigenvalue weighted by molar-refractivity contribution is 0.0994. The van der Waals surface area contributed by atoms with Crippen molar-refractivity contribution >= 4 is 22.9 Å². The zero-order chi connectivity index (χ0) is 33.9. The summed E-state index contributed by atoms with van der Waals surface area (Å²) in [5.74, 6) is 1.21. The first kappa shape index (κ1) is 34.7. The van der Waals surface area contributed by atoms with Crippen LogP contribution in [0.15, 0.2) is 96.1 Å². The Morgan fingerprint density at radius 2 is 1.45 bits per heavy atom. The Labute approximate surface area is 277 Å². The Balaban J connectivity index is 1.41. The summed E-state index contributed by atoms with van der Waals surface area (Å²) in [7, 11) is 1.68. The topological polar surface area (TPSA) is 108 Å². The average molecular weight is 633 g/mol. The molecule has 0 saturated heterocycles. The number of rotatable bonds is 13. The van der Waals surface area contributed by atoms with E-state index >= 15 is 0 Å². The van der Waals surface area contributed by atoms with Crippen molar-refractivity contribution in [1.82, 2.24) is 4.90 Å². The Hall–Kier alpha value is -5.20. The van der Waals surface area contributed by atoms with Crippen molar-refractivity contribution < 1.29 is 19.4 Å². The minimum atomic E-state index is -0.447. The summed E-state index contributed by atoms with van der Waals surface area (Å²) < 4.78 is 11.6. The van der Waals surface area contributed by atoms with Gasteiger partial charge in [-0.15, -0.1) is 0 Å². The van der Waals surface area contributed by atoms with Gasteiger partial charge in [0, 0.05) is 17.6 Å². The molecule has 0 unspecified atom stereocenters. The summed E-state index contributed by atoms with van der Waals surface area (Å²) in [6.07, 6.45) is 0.386. The van der Waals surface area contributed by atoms with Crippen molar-refractivity contribution in [2.45, 2.75) is 59.5 Å². The van der Waals surface area contributed by atoms with Crippen LogP contribution in [0.4, 0.5) is 10.5 Å². The molecule has 4 aromatic carbocycles. The van der Waals surface area contributed by atoms with Crippen molar-refractivity contribution in [3.8, 4) is 11.5 Å². The first-order chi connectivity index (χ1) is 22.6. The molecule has 4 rings (SSSR count). The number of aromatic hydroxyl groups is 1. The third kappa shape index (κ3) is 8.96. The second-order valence-electron chi connectivity index (χ2n) is 12.1. The molecule has 0 heterocycles. The van der Waals surface area contributed by atoms with E-state index in [0.29, 0.717) is 24.6 Å². The highest BCUT2D eigenvalue weighted by Gasteiger charge is 2.17. The third-order valence-electron chi connectivity index (χ3n) is 8.06. The summed E-state index contributed by atoms with van der Waals surface area (Å²) in [5, 5.41) is 13.9. The number of nitrogens with zero attached hydrogens (tertiary/aromatic N) is 4. The molecule has 0 fully saturated rings. The van der Waals surface area contributed by atoms with Crippen LogP contribution < -0.4 is 4.74 Å². The fourth-order valence-electron chi connectivity index (χ4n) is 5.54. The van der Waals surface area contributed by atoms with Crippen LogP contribution in [0.25, 0.3) is 21.6 Å². The second kappa shape index (κ2) is 16.4. The molecule has 0 atom stereocenters. The maximum atomic E-state index is 12.8. The highest BCUT2D eigenvalue weighted by Crippen LogP contribution is 2.37. The van der Waals surface area contributed by atoms with Crippen molar-refractivity contribution in [3.63, 3.8) is 0 Å². The van der Waals surface area contributed by atoms with Gasteiger partial charge in [0.15, 0.2) is 0 Å². The highest BCUT2D eigenvalue weighted by molar-refractivity contribution is 5.98. The molecule has 0 saturated carbocycles. The summed E-state index contributed by atoms with van der Waals surface area (Å²) in [6.45, 7) is 11.1. The number of hydrogen-bond donors (Lipinski definition) is 1. The van der Waals surface area contributed by atoms with Gasteiger partial charge in [-0.2, -0.15) is 0 Å². The predicted molar refractivity (Wildman–Crippen MR) is 189 cm³/mol. The molecule has 47 heavy (non-hydrogen) atoms. The molecule has 8 heteroatoms. The number of allylic oxidation sites excluding steroid dienone is 1. The summed E-state index contributed by atoms with van der Waals surface area (Å²) in [5.41, 5.74) is 18.0. The van der Waals surface area contributed by atoms with E-state index in [4.69, 9.17) is 15.0 Å². The molecule has 0 bridgehead atoms. The molecular formula is C39H44N4O4. The van der Waals surface area contributed by atoms with Crippen molar-refractivity contribution in [2.75, 3.05) is 20.2 Å². The van der Waals surface area contributed by atoms with E-state index in [1.807, 2.05) is 94.4 Å². The molecule has 8 nitrogen and oxygen atoms in total. The summed E-state index contributed by atoms with van der Waals surface area (Å²) in [6, 6.07) is 29.5. The molecule has 0 aliphatic carbocycles. The molecule has 0 spiro atoms. The Morgan fingerprint density at radius 3 is 1.98 bits per heavy atom. The van der Waals surface area contributed by atoms with Crippen LogP contribution >= 0.6 is 0 Å².